The van der Waals surface area contributed by atoms with Crippen molar-refractivity contribution < 1.29 is 9.90 Å². The Morgan fingerprint density at radius 3 is 3.00 bits per heavy atom. The summed E-state index contributed by atoms with van der Waals surface area (Å²) in [7, 11) is 0. The molecule has 1 aliphatic heterocycles. The number of nitrogens with zero attached hydrogens (tertiary/aromatic N) is 2. The zero-order valence-corrected chi connectivity index (χ0v) is 12.3. The zero-order chi connectivity index (χ0) is 13.6. The van der Waals surface area contributed by atoms with Gasteiger partial charge < -0.3 is 10.0 Å². The quantitative estimate of drug-likeness (QED) is 0.905. The predicted molar refractivity (Wildman–Crippen MR) is 76.0 cm³/mol. The molecule has 1 aromatic rings. The highest BCUT2D eigenvalue weighted by atomic mass is 32.1. The van der Waals surface area contributed by atoms with Crippen LogP contribution in [-0.4, -0.2) is 29.1 Å². The normalized spacial score (nSPS) is 25.4. The summed E-state index contributed by atoms with van der Waals surface area (Å²) in [5, 5.41) is 10.2. The van der Waals surface area contributed by atoms with Crippen LogP contribution < -0.4 is 4.90 Å². The van der Waals surface area contributed by atoms with Crippen molar-refractivity contribution in [1.82, 2.24) is 4.98 Å². The third-order valence-electron chi connectivity index (χ3n) is 4.18. The number of anilines is 1. The number of hydrogen-bond donors (Lipinski definition) is 1. The highest BCUT2D eigenvalue weighted by molar-refractivity contribution is 7.15. The van der Waals surface area contributed by atoms with Gasteiger partial charge in [0.1, 0.15) is 5.92 Å². The highest BCUT2D eigenvalue weighted by Crippen LogP contribution is 2.41. The van der Waals surface area contributed by atoms with Crippen molar-refractivity contribution in [1.29, 1.82) is 0 Å². The van der Waals surface area contributed by atoms with Crippen molar-refractivity contribution in [3.05, 3.63) is 10.6 Å². The maximum atomic E-state index is 11.2. The third-order valence-corrected chi connectivity index (χ3v) is 5.37. The molecule has 1 unspecified atom stereocenters. The van der Waals surface area contributed by atoms with Gasteiger partial charge >= 0.3 is 5.97 Å². The first kappa shape index (κ1) is 12.9. The Morgan fingerprint density at radius 2 is 2.32 bits per heavy atom. The molecular weight excluding hydrogens is 260 g/mol. The maximum absolute atomic E-state index is 11.2. The van der Waals surface area contributed by atoms with Crippen LogP contribution >= 0.6 is 11.3 Å². The molecule has 0 radical (unpaired) electrons. The topological polar surface area (TPSA) is 53.4 Å². The van der Waals surface area contributed by atoms with Crippen LogP contribution in [0.25, 0.3) is 0 Å². The molecule has 0 spiro atoms. The fourth-order valence-corrected chi connectivity index (χ4v) is 4.34. The number of aryl methyl sites for hydroxylation is 1. The molecule has 1 aliphatic carbocycles. The van der Waals surface area contributed by atoms with Crippen molar-refractivity contribution in [3.63, 3.8) is 0 Å². The van der Waals surface area contributed by atoms with E-state index in [9.17, 15) is 9.90 Å². The number of piperidine rings is 1. The Morgan fingerprint density at radius 1 is 1.53 bits per heavy atom. The van der Waals surface area contributed by atoms with Gasteiger partial charge in [0, 0.05) is 18.0 Å². The third kappa shape index (κ3) is 2.36. The molecule has 0 aromatic carbocycles. The van der Waals surface area contributed by atoms with E-state index in [0.29, 0.717) is 5.41 Å². The van der Waals surface area contributed by atoms with Crippen LogP contribution in [0.5, 0.6) is 0 Å². The van der Waals surface area contributed by atoms with E-state index in [0.717, 1.165) is 36.8 Å². The molecule has 1 saturated heterocycles. The van der Waals surface area contributed by atoms with Crippen LogP contribution in [0.15, 0.2) is 0 Å². The number of rotatable bonds is 2. The fourth-order valence-electron chi connectivity index (χ4n) is 3.18. The second-order valence-electron chi connectivity index (χ2n) is 6.42. The number of aliphatic carboxylic acids is 1. The molecule has 1 N–H and O–H groups in total. The minimum atomic E-state index is -0.727. The summed E-state index contributed by atoms with van der Waals surface area (Å²) >= 11 is 1.70. The number of carbonyl (C=O) groups is 1. The summed E-state index contributed by atoms with van der Waals surface area (Å²) in [5.41, 5.74) is 1.16. The molecule has 1 aromatic heterocycles. The summed E-state index contributed by atoms with van der Waals surface area (Å²) in [5.74, 6) is -1.10. The number of hydrogen-bond acceptors (Lipinski definition) is 4. The van der Waals surface area contributed by atoms with Crippen LogP contribution in [-0.2, 0) is 11.2 Å². The second kappa shape index (κ2) is 4.47. The summed E-state index contributed by atoms with van der Waals surface area (Å²) in [6.07, 6.45) is 4.04. The standard InChI is InChI=1S/C14H20N2O2S/c1-14(2)6-3-7-16(8-14)13-15-11-9(12(17)18)4-5-10(11)19-13/h9H,3-8H2,1-2H3,(H,17,18). The van der Waals surface area contributed by atoms with Gasteiger partial charge in [0.2, 0.25) is 0 Å². The van der Waals surface area contributed by atoms with E-state index in [1.54, 1.807) is 11.3 Å². The van der Waals surface area contributed by atoms with Crippen LogP contribution in [0.4, 0.5) is 5.13 Å². The summed E-state index contributed by atoms with van der Waals surface area (Å²) in [4.78, 5) is 19.4. The number of thiazole rings is 1. The molecule has 1 atom stereocenters. The lowest BCUT2D eigenvalue weighted by molar-refractivity contribution is -0.138. The molecule has 2 heterocycles. The van der Waals surface area contributed by atoms with E-state index in [1.807, 2.05) is 0 Å². The average Bonchev–Trinajstić information content (AvgIpc) is 2.85. The van der Waals surface area contributed by atoms with E-state index in [4.69, 9.17) is 0 Å². The van der Waals surface area contributed by atoms with Crippen molar-refractivity contribution in [2.45, 2.75) is 45.4 Å². The van der Waals surface area contributed by atoms with Crippen LogP contribution in [0.1, 0.15) is 49.6 Å². The molecule has 0 bridgehead atoms. The minimum Gasteiger partial charge on any atom is -0.481 e. The van der Waals surface area contributed by atoms with Gasteiger partial charge in [-0.15, -0.1) is 11.3 Å². The predicted octanol–water partition coefficient (Wildman–Crippen LogP) is 2.88. The van der Waals surface area contributed by atoms with Crippen molar-refractivity contribution in [3.8, 4) is 0 Å². The van der Waals surface area contributed by atoms with E-state index in [-0.39, 0.29) is 5.92 Å². The molecule has 3 rings (SSSR count). The van der Waals surface area contributed by atoms with E-state index in [1.165, 1.54) is 17.7 Å². The number of aromatic nitrogens is 1. The first-order valence-corrected chi connectivity index (χ1v) is 7.75. The van der Waals surface area contributed by atoms with Gasteiger partial charge in [-0.1, -0.05) is 13.8 Å². The summed E-state index contributed by atoms with van der Waals surface area (Å²) < 4.78 is 0. The van der Waals surface area contributed by atoms with Crippen molar-refractivity contribution in [2.75, 3.05) is 18.0 Å². The summed E-state index contributed by atoms with van der Waals surface area (Å²) in [6, 6.07) is 0. The van der Waals surface area contributed by atoms with Gasteiger partial charge in [-0.25, -0.2) is 4.98 Å². The van der Waals surface area contributed by atoms with E-state index >= 15 is 0 Å². The average molecular weight is 280 g/mol. The Balaban J connectivity index is 1.84. The van der Waals surface area contributed by atoms with Crippen LogP contribution in [0.2, 0.25) is 0 Å². The number of fused-ring (bicyclic) bond motifs is 1. The molecule has 1 fully saturated rings. The Kier molecular flexibility index (Phi) is 3.04. The molecule has 5 heteroatoms. The molecule has 2 aliphatic rings. The summed E-state index contributed by atoms with van der Waals surface area (Å²) in [6.45, 7) is 6.66. The lowest BCUT2D eigenvalue weighted by Gasteiger charge is -2.37. The Labute approximate surface area is 117 Å². The van der Waals surface area contributed by atoms with Gasteiger partial charge in [0.15, 0.2) is 5.13 Å². The maximum Gasteiger partial charge on any atom is 0.312 e. The molecule has 4 nitrogen and oxygen atoms in total. The SMILES string of the molecule is CC1(C)CCCN(c2nc3c(s2)CCC3C(=O)O)C1. The molecule has 0 saturated carbocycles. The number of carboxylic acids is 1. The lowest BCUT2D eigenvalue weighted by atomic mass is 9.84. The lowest BCUT2D eigenvalue weighted by Crippen LogP contribution is -2.40. The van der Waals surface area contributed by atoms with Gasteiger partial charge in [0.05, 0.1) is 5.69 Å². The highest BCUT2D eigenvalue weighted by Gasteiger charge is 2.34. The van der Waals surface area contributed by atoms with E-state index in [2.05, 4.69) is 23.7 Å². The number of carboxylic acid groups (broad SMARTS) is 1. The van der Waals surface area contributed by atoms with Crippen molar-refractivity contribution >= 4 is 22.4 Å². The molecular formula is C14H20N2O2S. The van der Waals surface area contributed by atoms with Gasteiger partial charge in [-0.05, 0) is 31.1 Å². The molecule has 104 valence electrons. The second-order valence-corrected chi connectivity index (χ2v) is 7.49. The van der Waals surface area contributed by atoms with Gasteiger partial charge in [-0.3, -0.25) is 4.79 Å². The van der Waals surface area contributed by atoms with E-state index < -0.39 is 5.97 Å². The smallest absolute Gasteiger partial charge is 0.312 e. The first-order valence-electron chi connectivity index (χ1n) is 6.94. The molecule has 19 heavy (non-hydrogen) atoms. The Hall–Kier alpha value is -1.10. The molecule has 0 amide bonds. The van der Waals surface area contributed by atoms with Crippen LogP contribution in [0.3, 0.4) is 0 Å². The Bertz CT molecular complexity index is 510. The monoisotopic (exact) mass is 280 g/mol. The zero-order valence-electron chi connectivity index (χ0n) is 11.5. The fraction of sp³-hybridized carbons (Fsp3) is 0.714. The first-order chi connectivity index (χ1) is 8.96. The van der Waals surface area contributed by atoms with Gasteiger partial charge in [-0.2, -0.15) is 0 Å². The van der Waals surface area contributed by atoms with Gasteiger partial charge in [0.25, 0.3) is 0 Å². The van der Waals surface area contributed by atoms with Crippen molar-refractivity contribution in [2.24, 2.45) is 5.41 Å². The minimum absolute atomic E-state index is 0.334. The van der Waals surface area contributed by atoms with Crippen LogP contribution in [0, 0.1) is 5.41 Å². The largest absolute Gasteiger partial charge is 0.481 e.